The first-order chi connectivity index (χ1) is 8.29. The maximum absolute atomic E-state index is 13.1. The Morgan fingerprint density at radius 2 is 1.89 bits per heavy atom. The van der Waals surface area contributed by atoms with Gasteiger partial charge in [-0.2, -0.15) is 5.10 Å². The molecule has 0 aliphatic rings. The van der Waals surface area contributed by atoms with Crippen molar-refractivity contribution >= 4 is 29.8 Å². The number of anilines is 1. The van der Waals surface area contributed by atoms with E-state index in [1.54, 1.807) is 10.7 Å². The summed E-state index contributed by atoms with van der Waals surface area (Å²) in [7, 11) is 0. The molecule has 1 heterocycles. The lowest BCUT2D eigenvalue weighted by Crippen LogP contribution is -2.12. The van der Waals surface area contributed by atoms with Gasteiger partial charge in [-0.25, -0.2) is 9.07 Å². The van der Waals surface area contributed by atoms with E-state index >= 15 is 0 Å². The van der Waals surface area contributed by atoms with Crippen molar-refractivity contribution in [3.05, 3.63) is 40.8 Å². The molecule has 0 bridgehead atoms. The molecule has 3 nitrogen and oxygen atoms in total. The van der Waals surface area contributed by atoms with E-state index in [0.717, 1.165) is 5.69 Å². The first-order valence-electron chi connectivity index (χ1n) is 5.60. The highest BCUT2D eigenvalue weighted by atomic mass is 35.5. The third-order valence-electron chi connectivity index (χ3n) is 2.65. The highest BCUT2D eigenvalue weighted by Crippen LogP contribution is 2.26. The zero-order chi connectivity index (χ0) is 13.5. The van der Waals surface area contributed by atoms with Crippen molar-refractivity contribution in [3.63, 3.8) is 0 Å². The van der Waals surface area contributed by atoms with Crippen LogP contribution in [0.25, 0.3) is 5.69 Å². The van der Waals surface area contributed by atoms with Crippen LogP contribution < -0.4 is 5.73 Å². The fraction of sp³-hybridized carbons (Fsp3) is 0.308. The summed E-state index contributed by atoms with van der Waals surface area (Å²) in [4.78, 5) is 0. The lowest BCUT2D eigenvalue weighted by molar-refractivity contribution is 0.560. The van der Waals surface area contributed by atoms with Gasteiger partial charge in [-0.3, -0.25) is 0 Å². The van der Waals surface area contributed by atoms with Gasteiger partial charge >= 0.3 is 0 Å². The number of hydrogen-bond donors (Lipinski definition) is 1. The smallest absolute Gasteiger partial charge is 0.141 e. The van der Waals surface area contributed by atoms with Crippen molar-refractivity contribution in [2.45, 2.75) is 26.2 Å². The predicted molar refractivity (Wildman–Crippen MR) is 78.9 cm³/mol. The standard InChI is InChI=1S/C13H15ClFN3.ClH/c1-13(2,3)11-7-12(16)18(17-11)8-4-5-10(15)9(14)6-8;/h4-7H,16H2,1-3H3;1H. The van der Waals surface area contributed by atoms with E-state index in [9.17, 15) is 4.39 Å². The quantitative estimate of drug-likeness (QED) is 0.866. The van der Waals surface area contributed by atoms with Crippen molar-refractivity contribution < 1.29 is 4.39 Å². The minimum Gasteiger partial charge on any atom is -0.384 e. The van der Waals surface area contributed by atoms with Crippen molar-refractivity contribution in [2.75, 3.05) is 5.73 Å². The van der Waals surface area contributed by atoms with Gasteiger partial charge in [0.2, 0.25) is 0 Å². The Hall–Kier alpha value is -1.26. The van der Waals surface area contributed by atoms with Crippen LogP contribution in [0.5, 0.6) is 0 Å². The number of rotatable bonds is 1. The Morgan fingerprint density at radius 3 is 2.37 bits per heavy atom. The van der Waals surface area contributed by atoms with Crippen LogP contribution >= 0.6 is 24.0 Å². The number of aromatic nitrogens is 2. The summed E-state index contributed by atoms with van der Waals surface area (Å²) in [6, 6.07) is 6.22. The van der Waals surface area contributed by atoms with Gasteiger partial charge < -0.3 is 5.73 Å². The third-order valence-corrected chi connectivity index (χ3v) is 2.94. The monoisotopic (exact) mass is 303 g/mol. The van der Waals surface area contributed by atoms with Crippen molar-refractivity contribution in [1.29, 1.82) is 0 Å². The second-order valence-electron chi connectivity index (χ2n) is 5.21. The molecule has 104 valence electrons. The van der Waals surface area contributed by atoms with Gasteiger partial charge in [0, 0.05) is 11.5 Å². The molecule has 19 heavy (non-hydrogen) atoms. The molecule has 0 saturated carbocycles. The van der Waals surface area contributed by atoms with Gasteiger partial charge in [-0.1, -0.05) is 32.4 Å². The van der Waals surface area contributed by atoms with Gasteiger partial charge in [0.25, 0.3) is 0 Å². The summed E-state index contributed by atoms with van der Waals surface area (Å²) in [6.45, 7) is 6.16. The molecule has 0 atom stereocenters. The average molecular weight is 304 g/mol. The van der Waals surface area contributed by atoms with Gasteiger partial charge in [-0.05, 0) is 18.2 Å². The average Bonchev–Trinajstić information content (AvgIpc) is 2.64. The van der Waals surface area contributed by atoms with Crippen LogP contribution in [0.2, 0.25) is 5.02 Å². The largest absolute Gasteiger partial charge is 0.384 e. The molecular formula is C13H16Cl2FN3. The van der Waals surface area contributed by atoms with Gasteiger partial charge in [0.05, 0.1) is 16.4 Å². The molecule has 2 rings (SSSR count). The van der Waals surface area contributed by atoms with Crippen LogP contribution in [0.3, 0.4) is 0 Å². The fourth-order valence-electron chi connectivity index (χ4n) is 1.59. The third kappa shape index (κ3) is 3.19. The van der Waals surface area contributed by atoms with Gasteiger partial charge in [0.15, 0.2) is 0 Å². The van der Waals surface area contributed by atoms with Crippen molar-refractivity contribution in [1.82, 2.24) is 9.78 Å². The normalized spacial score (nSPS) is 11.2. The number of hydrogen-bond acceptors (Lipinski definition) is 2. The molecular weight excluding hydrogens is 288 g/mol. The minimum atomic E-state index is -0.456. The van der Waals surface area contributed by atoms with E-state index in [4.69, 9.17) is 17.3 Å². The minimum absolute atomic E-state index is 0. The van der Waals surface area contributed by atoms with Crippen molar-refractivity contribution in [3.8, 4) is 5.69 Å². The lowest BCUT2D eigenvalue weighted by atomic mass is 9.92. The molecule has 0 aliphatic carbocycles. The molecule has 2 N–H and O–H groups in total. The van der Waals surface area contributed by atoms with E-state index < -0.39 is 5.82 Å². The maximum atomic E-state index is 13.1. The summed E-state index contributed by atoms with van der Waals surface area (Å²) in [5.74, 6) is 0.0461. The SMILES string of the molecule is CC(C)(C)c1cc(N)n(-c2ccc(F)c(Cl)c2)n1.Cl. The molecule has 1 aromatic carbocycles. The van der Waals surface area contributed by atoms with Crippen LogP contribution in [0.4, 0.5) is 10.2 Å². The predicted octanol–water partition coefficient (Wildman–Crippen LogP) is 3.97. The van der Waals surface area contributed by atoms with Gasteiger partial charge in [-0.15, -0.1) is 12.4 Å². The van der Waals surface area contributed by atoms with E-state index in [-0.39, 0.29) is 22.8 Å². The van der Waals surface area contributed by atoms with E-state index in [1.807, 2.05) is 6.07 Å². The van der Waals surface area contributed by atoms with Crippen LogP contribution in [0.1, 0.15) is 26.5 Å². The molecule has 0 aliphatic heterocycles. The van der Waals surface area contributed by atoms with Crippen LogP contribution in [0, 0.1) is 5.82 Å². The van der Waals surface area contributed by atoms with Crippen LogP contribution in [0.15, 0.2) is 24.3 Å². The highest BCUT2D eigenvalue weighted by molar-refractivity contribution is 6.30. The Kier molecular flexibility index (Phi) is 4.48. The van der Waals surface area contributed by atoms with Crippen LogP contribution in [-0.2, 0) is 5.41 Å². The second-order valence-corrected chi connectivity index (χ2v) is 5.62. The summed E-state index contributed by atoms with van der Waals surface area (Å²) < 4.78 is 14.7. The number of nitrogens with zero attached hydrogens (tertiary/aromatic N) is 2. The molecule has 0 spiro atoms. The molecule has 0 saturated heterocycles. The summed E-state index contributed by atoms with van der Waals surface area (Å²) >= 11 is 5.76. The lowest BCUT2D eigenvalue weighted by Gasteiger charge is -2.14. The Labute approximate surface area is 123 Å². The van der Waals surface area contributed by atoms with E-state index in [1.165, 1.54) is 12.1 Å². The Balaban J connectivity index is 0.00000180. The van der Waals surface area contributed by atoms with Crippen LogP contribution in [-0.4, -0.2) is 9.78 Å². The number of halogens is 3. The number of benzene rings is 1. The number of nitrogens with two attached hydrogens (primary N) is 1. The topological polar surface area (TPSA) is 43.8 Å². The van der Waals surface area contributed by atoms with E-state index in [2.05, 4.69) is 25.9 Å². The molecule has 0 fully saturated rings. The molecule has 2 aromatic rings. The Bertz CT molecular complexity index is 588. The molecule has 0 amide bonds. The number of nitrogen functional groups attached to an aromatic ring is 1. The Morgan fingerprint density at radius 1 is 1.26 bits per heavy atom. The summed E-state index contributed by atoms with van der Waals surface area (Å²) in [5, 5.41) is 4.49. The molecule has 0 radical (unpaired) electrons. The molecule has 6 heteroatoms. The zero-order valence-corrected chi connectivity index (χ0v) is 12.5. The molecule has 0 unspecified atom stereocenters. The van der Waals surface area contributed by atoms with E-state index in [0.29, 0.717) is 11.5 Å². The first kappa shape index (κ1) is 15.8. The maximum Gasteiger partial charge on any atom is 0.141 e. The second kappa shape index (κ2) is 5.39. The zero-order valence-electron chi connectivity index (χ0n) is 10.9. The first-order valence-corrected chi connectivity index (χ1v) is 5.98. The fourth-order valence-corrected chi connectivity index (χ4v) is 1.76. The molecule has 1 aromatic heterocycles. The summed E-state index contributed by atoms with van der Waals surface area (Å²) in [5.41, 5.74) is 7.35. The summed E-state index contributed by atoms with van der Waals surface area (Å²) in [6.07, 6.45) is 0. The highest BCUT2D eigenvalue weighted by Gasteiger charge is 2.19. The van der Waals surface area contributed by atoms with Gasteiger partial charge in [0.1, 0.15) is 11.6 Å². The van der Waals surface area contributed by atoms with Crippen molar-refractivity contribution in [2.24, 2.45) is 0 Å².